The molecule has 5 aromatic rings. The number of carbonyl (C=O) groups is 8. The average molecular weight is 1300 g/mol. The lowest BCUT2D eigenvalue weighted by molar-refractivity contribution is 0.0166. The second-order valence-corrected chi connectivity index (χ2v) is 21.6. The Morgan fingerprint density at radius 2 is 0.755 bits per heavy atom. The Hall–Kier alpha value is -10.2. The average Bonchev–Trinajstić information content (AvgIpc) is 0.782. The first-order chi connectivity index (χ1) is 45.5. The predicted octanol–water partition coefficient (Wildman–Crippen LogP) is 8.94. The number of carboxylic acids is 2. The first kappa shape index (κ1) is 71.3. The smallest absolute Gasteiger partial charge is 0.335 e. The van der Waals surface area contributed by atoms with Crippen LogP contribution in [0.2, 0.25) is 0 Å². The number of ether oxygens (including phenoxy) is 3. The van der Waals surface area contributed by atoms with Crippen molar-refractivity contribution in [2.45, 2.75) is 119 Å². The molecular formula is C65H84N16O13. The number of urea groups is 5. The number of hydrogen-bond acceptors (Lipinski definition) is 14. The van der Waals surface area contributed by atoms with Gasteiger partial charge in [0, 0.05) is 62.8 Å². The minimum absolute atomic E-state index is 0.0144. The molecule has 0 saturated heterocycles. The zero-order valence-corrected chi connectivity index (χ0v) is 53.8. The fourth-order valence-corrected chi connectivity index (χ4v) is 11.8. The number of amides is 11. The molecule has 0 unspecified atom stereocenters. The van der Waals surface area contributed by atoms with Gasteiger partial charge in [-0.25, -0.2) is 33.6 Å². The number of benzene rings is 5. The van der Waals surface area contributed by atoms with Crippen molar-refractivity contribution < 1.29 is 62.8 Å². The van der Waals surface area contributed by atoms with Crippen LogP contribution < -0.4 is 69.1 Å². The van der Waals surface area contributed by atoms with Gasteiger partial charge >= 0.3 is 42.1 Å². The largest absolute Gasteiger partial charge is 0.478 e. The fourth-order valence-electron chi connectivity index (χ4n) is 11.8. The van der Waals surface area contributed by atoms with Gasteiger partial charge < -0.3 is 88.2 Å². The Bertz CT molecular complexity index is 3670. The van der Waals surface area contributed by atoms with Gasteiger partial charge in [0.2, 0.25) is 0 Å². The third-order valence-corrected chi connectivity index (χ3v) is 16.1. The summed E-state index contributed by atoms with van der Waals surface area (Å²) in [6.45, 7) is 13.7. The number of fused-ring (bicyclic) bond motifs is 18. The number of carbonyl (C=O) groups excluding carboxylic acids is 6. The molecule has 0 atom stereocenters. The maximum atomic E-state index is 14.5. The van der Waals surface area contributed by atoms with Crippen molar-refractivity contribution in [1.29, 1.82) is 0 Å². The number of hydrogen-bond donors (Lipinski definition) is 15. The first-order valence-corrected chi connectivity index (χ1v) is 31.4. The lowest BCUT2D eigenvalue weighted by atomic mass is 9.83. The van der Waals surface area contributed by atoms with Gasteiger partial charge in [-0.05, 0) is 165 Å². The third-order valence-electron chi connectivity index (χ3n) is 16.1. The molecule has 29 heteroatoms. The van der Waals surface area contributed by atoms with Crippen molar-refractivity contribution in [2.75, 3.05) is 91.3 Å². The summed E-state index contributed by atoms with van der Waals surface area (Å²) in [5.74, 6) is -2.99. The van der Waals surface area contributed by atoms with Gasteiger partial charge in [-0.3, -0.25) is 10.1 Å². The number of aromatic carboxylic acids is 2. The highest BCUT2D eigenvalue weighted by Crippen LogP contribution is 2.34. The fraction of sp³-hybridized carbons (Fsp3) is 0.415. The van der Waals surface area contributed by atoms with Gasteiger partial charge in [0.15, 0.2) is 0 Å². The van der Waals surface area contributed by atoms with Crippen LogP contribution in [-0.4, -0.2) is 118 Å². The maximum absolute atomic E-state index is 14.5. The highest BCUT2D eigenvalue weighted by Gasteiger charge is 2.27. The van der Waals surface area contributed by atoms with Gasteiger partial charge in [-0.15, -0.1) is 0 Å². The van der Waals surface area contributed by atoms with Crippen molar-refractivity contribution in [1.82, 2.24) is 37.2 Å². The zero-order chi connectivity index (χ0) is 67.7. The SMILES string of the molecule is CCc1c2c(CC)c3c(CC)c1CNC(=O)Nc1ccc(C(=O)O)cc1NC(=O)NCc1c(CC)c(c(CC)c(c1CC)CNC(=O)Nc1cc(C(=O)NCCOCCOCCOCCN=[N+]=[N-])ccc1NC(=O)NC3)CNC(=O)Nc1cc(C(=O)O)ccc1NCNC2. The van der Waals surface area contributed by atoms with E-state index < -0.39 is 48.0 Å². The molecule has 6 bridgehead atoms. The van der Waals surface area contributed by atoms with E-state index in [9.17, 15) is 48.6 Å². The van der Waals surface area contributed by atoms with Crippen LogP contribution in [0, 0.1) is 0 Å². The van der Waals surface area contributed by atoms with E-state index in [-0.39, 0.29) is 131 Å². The molecule has 15 N–H and O–H groups in total. The third kappa shape index (κ3) is 19.0. The molecule has 5 aromatic carbocycles. The second-order valence-electron chi connectivity index (χ2n) is 21.6. The molecule has 0 fully saturated rings. The van der Waals surface area contributed by atoms with Crippen LogP contribution in [0.5, 0.6) is 0 Å². The molecule has 3 heterocycles. The molecule has 3 aliphatic heterocycles. The van der Waals surface area contributed by atoms with Gasteiger partial charge in [0.1, 0.15) is 0 Å². The van der Waals surface area contributed by atoms with Gasteiger partial charge in [0.05, 0.1) is 91.6 Å². The van der Waals surface area contributed by atoms with E-state index in [1.807, 2.05) is 41.5 Å². The molecule has 0 aliphatic carbocycles. The predicted molar refractivity (Wildman–Crippen MR) is 356 cm³/mol. The highest BCUT2D eigenvalue weighted by atomic mass is 16.5. The molecule has 0 spiro atoms. The molecule has 3 aliphatic rings. The molecule has 29 nitrogen and oxygen atoms in total. The van der Waals surface area contributed by atoms with E-state index in [0.717, 1.165) is 50.1 Å². The lowest BCUT2D eigenvalue weighted by Gasteiger charge is -2.27. The number of nitrogens with one attached hydrogen (secondary N) is 13. The number of azide groups is 1. The summed E-state index contributed by atoms with van der Waals surface area (Å²) in [6.07, 6.45) is 2.65. The summed E-state index contributed by atoms with van der Waals surface area (Å²) in [6, 6.07) is 9.25. The zero-order valence-electron chi connectivity index (χ0n) is 53.8. The first-order valence-electron chi connectivity index (χ1n) is 31.4. The quantitative estimate of drug-likeness (QED) is 0.0141. The van der Waals surface area contributed by atoms with Crippen molar-refractivity contribution in [2.24, 2.45) is 5.11 Å². The van der Waals surface area contributed by atoms with Crippen LogP contribution in [-0.2, 0) is 92.0 Å². The highest BCUT2D eigenvalue weighted by molar-refractivity contribution is 6.03. The number of anilines is 6. The van der Waals surface area contributed by atoms with Crippen molar-refractivity contribution in [3.05, 3.63) is 148 Å². The summed E-state index contributed by atoms with van der Waals surface area (Å²) in [7, 11) is 0. The summed E-state index contributed by atoms with van der Waals surface area (Å²) in [4.78, 5) is 113. The van der Waals surface area contributed by atoms with Crippen LogP contribution in [0.1, 0.15) is 139 Å². The Morgan fingerprint density at radius 1 is 0.436 bits per heavy atom. The molecule has 502 valence electrons. The summed E-state index contributed by atoms with van der Waals surface area (Å²) in [5.41, 5.74) is 18.6. The monoisotopic (exact) mass is 1300 g/mol. The van der Waals surface area contributed by atoms with Crippen LogP contribution in [0.3, 0.4) is 0 Å². The van der Waals surface area contributed by atoms with Crippen LogP contribution in [0.15, 0.2) is 59.7 Å². The van der Waals surface area contributed by atoms with Crippen molar-refractivity contribution >= 4 is 82.1 Å². The second kappa shape index (κ2) is 35.6. The Morgan fingerprint density at radius 3 is 1.13 bits per heavy atom. The van der Waals surface area contributed by atoms with Gasteiger partial charge in [-0.2, -0.15) is 0 Å². The van der Waals surface area contributed by atoms with E-state index in [1.165, 1.54) is 48.5 Å². The lowest BCUT2D eigenvalue weighted by Crippen LogP contribution is -2.34. The minimum atomic E-state index is -1.28. The summed E-state index contributed by atoms with van der Waals surface area (Å²) < 4.78 is 16.5. The van der Waals surface area contributed by atoms with Crippen molar-refractivity contribution in [3.63, 3.8) is 0 Å². The summed E-state index contributed by atoms with van der Waals surface area (Å²) >= 11 is 0. The topological polar surface area (TPSA) is 410 Å². The molecule has 11 amide bonds. The number of carboxylic acid groups (broad SMARTS) is 2. The van der Waals surface area contributed by atoms with Gasteiger partial charge in [-0.1, -0.05) is 46.7 Å². The molecule has 0 aromatic heterocycles. The van der Waals surface area contributed by atoms with Crippen LogP contribution in [0.4, 0.5) is 58.1 Å². The molecule has 8 rings (SSSR count). The number of nitrogens with zero attached hydrogens (tertiary/aromatic N) is 3. The summed E-state index contributed by atoms with van der Waals surface area (Å²) in [5, 5.41) is 62.3. The molecule has 0 radical (unpaired) electrons. The Kier molecular flexibility index (Phi) is 27.0. The molecular weight excluding hydrogens is 1210 g/mol. The van der Waals surface area contributed by atoms with Crippen LogP contribution in [0.25, 0.3) is 10.4 Å². The maximum Gasteiger partial charge on any atom is 0.335 e. The van der Waals surface area contributed by atoms with E-state index >= 15 is 0 Å². The Labute approximate surface area is 544 Å². The van der Waals surface area contributed by atoms with Crippen molar-refractivity contribution in [3.8, 4) is 0 Å². The van der Waals surface area contributed by atoms with E-state index in [2.05, 4.69) is 79.1 Å². The van der Waals surface area contributed by atoms with E-state index in [0.29, 0.717) is 74.1 Å². The molecule has 0 saturated carbocycles. The van der Waals surface area contributed by atoms with E-state index in [4.69, 9.17) is 19.7 Å². The normalized spacial score (nSPS) is 14.0. The van der Waals surface area contributed by atoms with Crippen LogP contribution >= 0.6 is 0 Å². The standard InChI is InChI=1S/C65H84N16O13/c1-7-40-46-30-67-36-74-52-16-14-38(59(83)84)28-55(52)78-63(89)71-33-49-43(10-4)50-34-72-64(90)79-56-27-37(58(82)68-19-21-92-23-25-94-26-24-93-22-20-75-81-66)13-17-53(56)76-61(87)69-31-47(40)42(9-3)48(41(46)8-2)32-70-62(88)77-54-18-15-39(60(85)86)29-57(54)80-65(91)73-35-51(44(49)11-5)45(50)12-6/h13-18,27-29,67,74H,7-12,19-26,30-36H2,1-6H3,(H,68,82)(H,83,84)(H,85,86)(H2,69,76,87)(H2,70,77,88)(H2,71,78,89)(H2,72,79,90)(H2,73,80,91). The Balaban J connectivity index is 1.34. The number of rotatable bonds is 21. The van der Waals surface area contributed by atoms with Gasteiger partial charge in [0.25, 0.3) is 5.91 Å². The minimum Gasteiger partial charge on any atom is -0.478 e. The van der Waals surface area contributed by atoms with E-state index in [1.54, 1.807) is 6.07 Å². The molecule has 94 heavy (non-hydrogen) atoms.